The topological polar surface area (TPSA) is 167 Å². The Morgan fingerprint density at radius 2 is 1.57 bits per heavy atom. The second kappa shape index (κ2) is 7.14. The highest BCUT2D eigenvalue weighted by Gasteiger charge is 2.21. The second-order valence-electron chi connectivity index (χ2n) is 4.68. The number of hydrogen-bond donors (Lipinski definition) is 6. The quantitative estimate of drug-likeness (QED) is 0.324. The molecule has 8 heteroatoms. The summed E-state index contributed by atoms with van der Waals surface area (Å²) in [5, 5.41) is 36.7. The van der Waals surface area contributed by atoms with Gasteiger partial charge in [-0.15, -0.1) is 0 Å². The van der Waals surface area contributed by atoms with Gasteiger partial charge in [0.05, 0.1) is 5.92 Å². The molecule has 0 bridgehead atoms. The molecule has 116 valence electrons. The van der Waals surface area contributed by atoms with E-state index in [0.717, 1.165) is 0 Å². The summed E-state index contributed by atoms with van der Waals surface area (Å²) in [5.41, 5.74) is 10.5. The first-order valence-corrected chi connectivity index (χ1v) is 6.15. The summed E-state index contributed by atoms with van der Waals surface area (Å²) in [4.78, 5) is 22.2. The lowest BCUT2D eigenvalue weighted by molar-refractivity contribution is -0.126. The molecule has 0 spiro atoms. The van der Waals surface area contributed by atoms with Gasteiger partial charge in [-0.1, -0.05) is 18.2 Å². The smallest absolute Gasteiger partial charge is 0.221 e. The predicted octanol–water partition coefficient (Wildman–Crippen LogP) is -1.83. The number of rotatable bonds is 7. The Kier molecular flexibility index (Phi) is 5.79. The van der Waals surface area contributed by atoms with Gasteiger partial charge < -0.3 is 31.9 Å². The zero-order valence-corrected chi connectivity index (χ0v) is 11.1. The van der Waals surface area contributed by atoms with Gasteiger partial charge in [-0.25, -0.2) is 0 Å². The van der Waals surface area contributed by atoms with E-state index in [4.69, 9.17) is 21.7 Å². The molecule has 0 aromatic heterocycles. The van der Waals surface area contributed by atoms with Gasteiger partial charge in [0.15, 0.2) is 12.6 Å². The van der Waals surface area contributed by atoms with Crippen LogP contribution in [0, 0.1) is 5.92 Å². The van der Waals surface area contributed by atoms with E-state index in [9.17, 15) is 19.8 Å². The molecule has 21 heavy (non-hydrogen) atoms. The van der Waals surface area contributed by atoms with Crippen LogP contribution in [-0.2, 0) is 16.0 Å². The van der Waals surface area contributed by atoms with Crippen molar-refractivity contribution in [1.82, 2.24) is 0 Å². The standard InChI is InChI=1S/C13H18N2O6/c14-10(16)5-7(11(15)17)3-6-1-2-8(12(18)19)9(4-6)13(20)21/h1-2,4,7,12-13,18-21H,3,5H2,(H2,14,16)(H2,15,17). The molecule has 1 unspecified atom stereocenters. The molecule has 0 aliphatic heterocycles. The molecule has 1 atom stereocenters. The minimum atomic E-state index is -1.91. The summed E-state index contributed by atoms with van der Waals surface area (Å²) in [5.74, 6) is -2.20. The van der Waals surface area contributed by atoms with Crippen molar-refractivity contribution in [3.8, 4) is 0 Å². The summed E-state index contributed by atoms with van der Waals surface area (Å²) in [6, 6.07) is 4.06. The van der Waals surface area contributed by atoms with Crippen LogP contribution in [0.1, 0.15) is 35.7 Å². The van der Waals surface area contributed by atoms with Crippen LogP contribution in [0.15, 0.2) is 18.2 Å². The van der Waals surface area contributed by atoms with Crippen LogP contribution in [0.4, 0.5) is 0 Å². The number of nitrogens with two attached hydrogens (primary N) is 2. The molecule has 0 aliphatic carbocycles. The third-order valence-electron chi connectivity index (χ3n) is 3.04. The van der Waals surface area contributed by atoms with E-state index in [0.29, 0.717) is 5.56 Å². The van der Waals surface area contributed by atoms with Gasteiger partial charge in [0.1, 0.15) is 0 Å². The molecule has 0 aliphatic rings. The van der Waals surface area contributed by atoms with Crippen molar-refractivity contribution in [2.75, 3.05) is 0 Å². The number of primary amides is 2. The predicted molar refractivity (Wildman–Crippen MR) is 71.0 cm³/mol. The molecule has 0 saturated heterocycles. The van der Waals surface area contributed by atoms with E-state index in [2.05, 4.69) is 0 Å². The summed E-state index contributed by atoms with van der Waals surface area (Å²) < 4.78 is 0. The van der Waals surface area contributed by atoms with Crippen LogP contribution >= 0.6 is 0 Å². The second-order valence-corrected chi connectivity index (χ2v) is 4.68. The van der Waals surface area contributed by atoms with Crippen molar-refractivity contribution in [3.63, 3.8) is 0 Å². The number of amides is 2. The first-order chi connectivity index (χ1) is 9.72. The first-order valence-electron chi connectivity index (χ1n) is 6.15. The van der Waals surface area contributed by atoms with Crippen LogP contribution in [0.5, 0.6) is 0 Å². The summed E-state index contributed by atoms with van der Waals surface area (Å²) in [6.07, 6.45) is -3.94. The lowest BCUT2D eigenvalue weighted by Gasteiger charge is -2.16. The Morgan fingerprint density at radius 1 is 1.00 bits per heavy atom. The van der Waals surface area contributed by atoms with Crippen molar-refractivity contribution in [3.05, 3.63) is 34.9 Å². The van der Waals surface area contributed by atoms with E-state index < -0.39 is 30.3 Å². The fourth-order valence-electron chi connectivity index (χ4n) is 2.01. The van der Waals surface area contributed by atoms with Crippen molar-refractivity contribution in [2.45, 2.75) is 25.4 Å². The van der Waals surface area contributed by atoms with Crippen LogP contribution in [0.25, 0.3) is 0 Å². The minimum absolute atomic E-state index is 0.0692. The fraction of sp³-hybridized carbons (Fsp3) is 0.385. The largest absolute Gasteiger partial charge is 0.370 e. The SMILES string of the molecule is NC(=O)CC(Cc1ccc(C(O)O)c(C(O)O)c1)C(N)=O. The summed E-state index contributed by atoms with van der Waals surface area (Å²) >= 11 is 0. The van der Waals surface area contributed by atoms with Crippen molar-refractivity contribution >= 4 is 11.8 Å². The van der Waals surface area contributed by atoms with Gasteiger partial charge in [0.25, 0.3) is 0 Å². The molecule has 2 amide bonds. The number of aliphatic hydroxyl groups is 4. The number of carbonyl (C=O) groups is 2. The Hall–Kier alpha value is -2.00. The van der Waals surface area contributed by atoms with Gasteiger partial charge in [-0.05, 0) is 12.0 Å². The summed E-state index contributed by atoms with van der Waals surface area (Å²) in [6.45, 7) is 0. The van der Waals surface area contributed by atoms with Crippen molar-refractivity contribution in [2.24, 2.45) is 17.4 Å². The van der Waals surface area contributed by atoms with Gasteiger partial charge in [-0.2, -0.15) is 0 Å². The fourth-order valence-corrected chi connectivity index (χ4v) is 2.01. The zero-order chi connectivity index (χ0) is 16.2. The van der Waals surface area contributed by atoms with E-state index in [1.165, 1.54) is 18.2 Å². The van der Waals surface area contributed by atoms with Crippen LogP contribution in [-0.4, -0.2) is 32.2 Å². The Balaban J connectivity index is 3.05. The van der Waals surface area contributed by atoms with Crippen LogP contribution < -0.4 is 11.5 Å². The third kappa shape index (κ3) is 4.80. The van der Waals surface area contributed by atoms with Gasteiger partial charge in [0.2, 0.25) is 11.8 Å². The van der Waals surface area contributed by atoms with Crippen LogP contribution in [0.2, 0.25) is 0 Å². The maximum atomic E-state index is 11.3. The molecule has 8 nitrogen and oxygen atoms in total. The normalized spacial score (nSPS) is 12.7. The Bertz CT molecular complexity index is 529. The van der Waals surface area contributed by atoms with E-state index in [1.54, 1.807) is 0 Å². The molecular weight excluding hydrogens is 280 g/mol. The average Bonchev–Trinajstić information content (AvgIpc) is 2.36. The zero-order valence-electron chi connectivity index (χ0n) is 11.1. The maximum Gasteiger partial charge on any atom is 0.221 e. The number of benzene rings is 1. The maximum absolute atomic E-state index is 11.3. The van der Waals surface area contributed by atoms with E-state index in [-0.39, 0.29) is 24.0 Å². The number of hydrogen-bond acceptors (Lipinski definition) is 6. The molecule has 1 aromatic carbocycles. The van der Waals surface area contributed by atoms with Crippen LogP contribution in [0.3, 0.4) is 0 Å². The highest BCUT2D eigenvalue weighted by molar-refractivity contribution is 5.84. The monoisotopic (exact) mass is 298 g/mol. The van der Waals surface area contributed by atoms with Gasteiger partial charge >= 0.3 is 0 Å². The highest BCUT2D eigenvalue weighted by atomic mass is 16.5. The number of carbonyl (C=O) groups excluding carboxylic acids is 2. The van der Waals surface area contributed by atoms with Gasteiger partial charge in [0, 0.05) is 17.5 Å². The van der Waals surface area contributed by atoms with E-state index in [1.807, 2.05) is 0 Å². The lowest BCUT2D eigenvalue weighted by atomic mass is 9.92. The molecule has 1 rings (SSSR count). The third-order valence-corrected chi connectivity index (χ3v) is 3.04. The highest BCUT2D eigenvalue weighted by Crippen LogP contribution is 2.24. The summed E-state index contributed by atoms with van der Waals surface area (Å²) in [7, 11) is 0. The lowest BCUT2D eigenvalue weighted by Crippen LogP contribution is -2.29. The number of aliphatic hydroxyl groups excluding tert-OH is 2. The van der Waals surface area contributed by atoms with E-state index >= 15 is 0 Å². The Labute approximate surface area is 120 Å². The van der Waals surface area contributed by atoms with Gasteiger partial charge in [-0.3, -0.25) is 9.59 Å². The molecule has 0 fully saturated rings. The molecule has 0 saturated carbocycles. The molecular formula is C13H18N2O6. The first kappa shape index (κ1) is 17.1. The molecule has 8 N–H and O–H groups in total. The van der Waals surface area contributed by atoms with Crippen molar-refractivity contribution in [1.29, 1.82) is 0 Å². The molecule has 0 radical (unpaired) electrons. The minimum Gasteiger partial charge on any atom is -0.370 e. The Morgan fingerprint density at radius 3 is 2.00 bits per heavy atom. The molecule has 0 heterocycles. The average molecular weight is 298 g/mol. The molecule has 1 aromatic rings. The van der Waals surface area contributed by atoms with Crippen molar-refractivity contribution < 1.29 is 30.0 Å².